The SMILES string of the molecule is C=CCO[C@H]1CC[C@@H]2[C@]1(C)CC[C@@H]1c3ccc(OCCCC)cc3CC[C@]12N. The second-order valence-corrected chi connectivity index (χ2v) is 9.51. The number of fused-ring (bicyclic) bond motifs is 5. The van der Waals surface area contributed by atoms with E-state index in [1.54, 1.807) is 0 Å². The van der Waals surface area contributed by atoms with Gasteiger partial charge in [0, 0.05) is 11.5 Å². The van der Waals surface area contributed by atoms with Crippen LogP contribution in [0.2, 0.25) is 0 Å². The summed E-state index contributed by atoms with van der Waals surface area (Å²) in [7, 11) is 0. The predicted octanol–water partition coefficient (Wildman–Crippen LogP) is 5.37. The number of benzene rings is 1. The molecule has 154 valence electrons. The van der Waals surface area contributed by atoms with Crippen LogP contribution >= 0.6 is 0 Å². The van der Waals surface area contributed by atoms with Gasteiger partial charge in [0.15, 0.2) is 0 Å². The van der Waals surface area contributed by atoms with Crippen LogP contribution in [0.5, 0.6) is 5.75 Å². The lowest BCUT2D eigenvalue weighted by Crippen LogP contribution is -2.61. The highest BCUT2D eigenvalue weighted by atomic mass is 16.5. The van der Waals surface area contributed by atoms with Gasteiger partial charge < -0.3 is 15.2 Å². The monoisotopic (exact) mass is 383 g/mol. The molecule has 28 heavy (non-hydrogen) atoms. The van der Waals surface area contributed by atoms with Crippen molar-refractivity contribution >= 4 is 0 Å². The molecule has 0 unspecified atom stereocenters. The molecule has 2 N–H and O–H groups in total. The number of rotatable bonds is 7. The van der Waals surface area contributed by atoms with E-state index >= 15 is 0 Å². The van der Waals surface area contributed by atoms with Crippen molar-refractivity contribution in [1.82, 2.24) is 0 Å². The summed E-state index contributed by atoms with van der Waals surface area (Å²) >= 11 is 0. The summed E-state index contributed by atoms with van der Waals surface area (Å²) in [5.74, 6) is 2.04. The normalized spacial score (nSPS) is 36.3. The molecule has 0 amide bonds. The van der Waals surface area contributed by atoms with E-state index in [2.05, 4.69) is 38.6 Å². The van der Waals surface area contributed by atoms with Gasteiger partial charge in [-0.25, -0.2) is 0 Å². The van der Waals surface area contributed by atoms with E-state index in [9.17, 15) is 0 Å². The fourth-order valence-electron chi connectivity index (χ4n) is 6.55. The first-order chi connectivity index (χ1) is 13.5. The summed E-state index contributed by atoms with van der Waals surface area (Å²) in [6, 6.07) is 6.76. The summed E-state index contributed by atoms with van der Waals surface area (Å²) in [4.78, 5) is 0. The van der Waals surface area contributed by atoms with Crippen LogP contribution in [0.4, 0.5) is 0 Å². The molecule has 3 aliphatic carbocycles. The van der Waals surface area contributed by atoms with Crippen molar-refractivity contribution in [2.75, 3.05) is 13.2 Å². The van der Waals surface area contributed by atoms with Crippen LogP contribution in [0.3, 0.4) is 0 Å². The van der Waals surface area contributed by atoms with Gasteiger partial charge in [0.25, 0.3) is 0 Å². The summed E-state index contributed by atoms with van der Waals surface area (Å²) in [6.07, 6.45) is 11.3. The van der Waals surface area contributed by atoms with Crippen molar-refractivity contribution in [1.29, 1.82) is 0 Å². The Labute approximate surface area is 170 Å². The summed E-state index contributed by atoms with van der Waals surface area (Å²) in [5, 5.41) is 0. The highest BCUT2D eigenvalue weighted by molar-refractivity contribution is 5.43. The molecule has 2 saturated carbocycles. The predicted molar refractivity (Wildman–Crippen MR) is 115 cm³/mol. The van der Waals surface area contributed by atoms with Gasteiger partial charge in [0.05, 0.1) is 19.3 Å². The van der Waals surface area contributed by atoms with Gasteiger partial charge in [-0.2, -0.15) is 0 Å². The fourth-order valence-corrected chi connectivity index (χ4v) is 6.55. The molecule has 0 radical (unpaired) electrons. The maximum absolute atomic E-state index is 7.27. The Morgan fingerprint density at radius 3 is 2.89 bits per heavy atom. The van der Waals surface area contributed by atoms with Gasteiger partial charge >= 0.3 is 0 Å². The maximum atomic E-state index is 7.27. The minimum Gasteiger partial charge on any atom is -0.494 e. The molecular formula is C25H37NO2. The average Bonchev–Trinajstić information content (AvgIpc) is 3.03. The zero-order valence-corrected chi connectivity index (χ0v) is 17.7. The van der Waals surface area contributed by atoms with Gasteiger partial charge in [-0.3, -0.25) is 0 Å². The summed E-state index contributed by atoms with van der Waals surface area (Å²) < 4.78 is 12.1. The molecule has 3 aliphatic rings. The first-order valence-corrected chi connectivity index (χ1v) is 11.3. The number of hydrogen-bond acceptors (Lipinski definition) is 3. The number of ether oxygens (including phenoxy) is 2. The van der Waals surface area contributed by atoms with Gasteiger partial charge in [0.1, 0.15) is 5.75 Å². The van der Waals surface area contributed by atoms with Crippen molar-refractivity contribution in [2.24, 2.45) is 17.1 Å². The minimum absolute atomic E-state index is 0.100. The molecule has 3 nitrogen and oxygen atoms in total. The molecule has 5 atom stereocenters. The van der Waals surface area contributed by atoms with Crippen LogP contribution in [0.25, 0.3) is 0 Å². The van der Waals surface area contributed by atoms with Crippen LogP contribution < -0.4 is 10.5 Å². The minimum atomic E-state index is -0.100. The molecule has 2 fully saturated rings. The van der Waals surface area contributed by atoms with Crippen LogP contribution in [0.15, 0.2) is 30.9 Å². The van der Waals surface area contributed by atoms with Crippen LogP contribution in [0, 0.1) is 11.3 Å². The topological polar surface area (TPSA) is 44.5 Å². The zero-order chi connectivity index (χ0) is 19.8. The third kappa shape index (κ3) is 3.21. The number of unbranched alkanes of at least 4 members (excludes halogenated alkanes) is 1. The highest BCUT2D eigenvalue weighted by Crippen LogP contribution is 2.62. The Bertz CT molecular complexity index is 716. The fraction of sp³-hybridized carbons (Fsp3) is 0.680. The smallest absolute Gasteiger partial charge is 0.119 e. The Kier molecular flexibility index (Phi) is 5.59. The van der Waals surface area contributed by atoms with Crippen LogP contribution in [-0.4, -0.2) is 24.9 Å². The average molecular weight is 384 g/mol. The maximum Gasteiger partial charge on any atom is 0.119 e. The molecule has 0 aromatic heterocycles. The standard InChI is InChI=1S/C25H37NO2/c1-4-6-16-27-19-7-8-20-18(17-19)11-14-25(26)21(20)12-13-24(3)22(25)9-10-23(24)28-15-5-2/h5,7-8,17,21-23H,2,4,6,9-16,26H2,1,3H3/t21-,22-,23+,24+,25+/m1/s1. The molecule has 0 heterocycles. The Balaban J connectivity index is 1.56. The molecule has 1 aromatic carbocycles. The van der Waals surface area contributed by atoms with Gasteiger partial charge in [0.2, 0.25) is 0 Å². The molecule has 0 bridgehead atoms. The first kappa shape index (κ1) is 20.0. The van der Waals surface area contributed by atoms with E-state index in [0.717, 1.165) is 38.0 Å². The van der Waals surface area contributed by atoms with Gasteiger partial charge in [-0.05, 0) is 79.5 Å². The van der Waals surface area contributed by atoms with Gasteiger partial charge in [-0.15, -0.1) is 6.58 Å². The van der Waals surface area contributed by atoms with E-state index in [4.69, 9.17) is 15.2 Å². The summed E-state index contributed by atoms with van der Waals surface area (Å²) in [6.45, 7) is 9.92. The van der Waals surface area contributed by atoms with E-state index in [0.29, 0.717) is 24.5 Å². The molecule has 0 aliphatic heterocycles. The van der Waals surface area contributed by atoms with E-state index in [1.165, 1.54) is 36.8 Å². The Hall–Kier alpha value is -1.32. The Morgan fingerprint density at radius 1 is 1.25 bits per heavy atom. The number of hydrogen-bond donors (Lipinski definition) is 1. The van der Waals surface area contributed by atoms with E-state index in [-0.39, 0.29) is 11.0 Å². The molecule has 0 spiro atoms. The van der Waals surface area contributed by atoms with Gasteiger partial charge in [-0.1, -0.05) is 32.4 Å². The summed E-state index contributed by atoms with van der Waals surface area (Å²) in [5.41, 5.74) is 10.3. The quantitative estimate of drug-likeness (QED) is 0.508. The largest absolute Gasteiger partial charge is 0.494 e. The third-order valence-electron chi connectivity index (χ3n) is 8.02. The second kappa shape index (κ2) is 7.84. The molecule has 3 heteroatoms. The van der Waals surface area contributed by atoms with Crippen molar-refractivity contribution < 1.29 is 9.47 Å². The lowest BCUT2D eigenvalue weighted by Gasteiger charge is -2.56. The molecule has 4 rings (SSSR count). The van der Waals surface area contributed by atoms with Crippen molar-refractivity contribution in [2.45, 2.75) is 82.8 Å². The first-order valence-electron chi connectivity index (χ1n) is 11.3. The highest BCUT2D eigenvalue weighted by Gasteiger charge is 2.60. The Morgan fingerprint density at radius 2 is 2.11 bits per heavy atom. The third-order valence-corrected chi connectivity index (χ3v) is 8.02. The van der Waals surface area contributed by atoms with E-state index < -0.39 is 0 Å². The molecular weight excluding hydrogens is 346 g/mol. The molecule has 1 aromatic rings. The lowest BCUT2D eigenvalue weighted by atomic mass is 9.51. The van der Waals surface area contributed by atoms with Crippen molar-refractivity contribution in [3.05, 3.63) is 42.0 Å². The van der Waals surface area contributed by atoms with Crippen LogP contribution in [0.1, 0.15) is 75.8 Å². The lowest BCUT2D eigenvalue weighted by molar-refractivity contribution is -0.0635. The van der Waals surface area contributed by atoms with Crippen LogP contribution in [-0.2, 0) is 11.2 Å². The second-order valence-electron chi connectivity index (χ2n) is 9.51. The number of aryl methyl sites for hydroxylation is 1. The molecule has 0 saturated heterocycles. The van der Waals surface area contributed by atoms with E-state index in [1.807, 2.05) is 6.08 Å². The van der Waals surface area contributed by atoms with Crippen molar-refractivity contribution in [3.8, 4) is 5.75 Å². The number of nitrogens with two attached hydrogens (primary N) is 1. The van der Waals surface area contributed by atoms with Crippen molar-refractivity contribution in [3.63, 3.8) is 0 Å². The zero-order valence-electron chi connectivity index (χ0n) is 17.7.